The van der Waals surface area contributed by atoms with E-state index in [1.165, 1.54) is 21.6 Å². The van der Waals surface area contributed by atoms with Crippen LogP contribution >= 0.6 is 11.3 Å². The van der Waals surface area contributed by atoms with Crippen LogP contribution in [0.3, 0.4) is 0 Å². The van der Waals surface area contributed by atoms with Gasteiger partial charge in [-0.2, -0.15) is 0 Å². The number of benzene rings is 2. The summed E-state index contributed by atoms with van der Waals surface area (Å²) in [6.07, 6.45) is 0. The van der Waals surface area contributed by atoms with E-state index in [1.807, 2.05) is 12.1 Å². The van der Waals surface area contributed by atoms with E-state index < -0.39 is 0 Å². The van der Waals surface area contributed by atoms with Gasteiger partial charge in [0.1, 0.15) is 6.04 Å². The van der Waals surface area contributed by atoms with E-state index in [9.17, 15) is 0 Å². The van der Waals surface area contributed by atoms with Crippen LogP contribution in [0.5, 0.6) is 0 Å². The Morgan fingerprint density at radius 2 is 1.75 bits per heavy atom. The van der Waals surface area contributed by atoms with Crippen molar-refractivity contribution in [2.75, 3.05) is 0 Å². The van der Waals surface area contributed by atoms with Crippen LogP contribution in [0.2, 0.25) is 0 Å². The van der Waals surface area contributed by atoms with Gasteiger partial charge in [0, 0.05) is 11.1 Å². The first kappa shape index (κ1) is 18.6. The van der Waals surface area contributed by atoms with Crippen molar-refractivity contribution in [3.8, 4) is 11.5 Å². The van der Waals surface area contributed by atoms with Gasteiger partial charge in [0.25, 0.3) is 5.89 Å². The third-order valence-corrected chi connectivity index (χ3v) is 5.82. The minimum Gasteiger partial charge on any atom is -0.415 e. The van der Waals surface area contributed by atoms with E-state index in [0.717, 1.165) is 5.56 Å². The number of quaternary nitrogens is 1. The van der Waals surface area contributed by atoms with Crippen molar-refractivity contribution in [3.63, 3.8) is 0 Å². The van der Waals surface area contributed by atoms with Gasteiger partial charge >= 0.3 is 0 Å². The zero-order valence-electron chi connectivity index (χ0n) is 16.3. The smallest absolute Gasteiger partial charge is 0.274 e. The van der Waals surface area contributed by atoms with Crippen LogP contribution in [0.1, 0.15) is 46.5 Å². The molecule has 0 aliphatic carbocycles. The number of thiophene rings is 1. The molecule has 0 unspecified atom stereocenters. The van der Waals surface area contributed by atoms with Crippen molar-refractivity contribution in [2.45, 2.75) is 32.9 Å². The summed E-state index contributed by atoms with van der Waals surface area (Å²) in [4.78, 5) is 1.31. The SMILES string of the molecule is Cc1ccc([C@H]([NH2+][C@H](C)c2nnc(-c3cccc(C)c3)o2)c2cccs2)cc1. The van der Waals surface area contributed by atoms with Crippen molar-refractivity contribution in [1.82, 2.24) is 10.2 Å². The van der Waals surface area contributed by atoms with Gasteiger partial charge in [-0.3, -0.25) is 0 Å². The molecule has 0 fully saturated rings. The van der Waals surface area contributed by atoms with Crippen LogP contribution in [0.15, 0.2) is 70.5 Å². The first-order valence-electron chi connectivity index (χ1n) is 9.45. The molecule has 4 rings (SSSR count). The molecule has 2 aromatic carbocycles. The van der Waals surface area contributed by atoms with E-state index in [1.54, 1.807) is 11.3 Å². The lowest BCUT2D eigenvalue weighted by Crippen LogP contribution is -2.85. The second-order valence-corrected chi connectivity index (χ2v) is 8.18. The number of aromatic nitrogens is 2. The molecule has 4 nitrogen and oxygen atoms in total. The molecular weight excluding hydrogens is 366 g/mol. The summed E-state index contributed by atoms with van der Waals surface area (Å²) in [5, 5.41) is 13.0. The van der Waals surface area contributed by atoms with Gasteiger partial charge in [-0.05, 0) is 44.4 Å². The summed E-state index contributed by atoms with van der Waals surface area (Å²) in [6.45, 7) is 6.29. The average molecular weight is 391 g/mol. The van der Waals surface area contributed by atoms with E-state index in [2.05, 4.69) is 90.2 Å². The summed E-state index contributed by atoms with van der Waals surface area (Å²) in [5.74, 6) is 1.21. The standard InChI is InChI=1S/C23H23N3OS/c1-15-9-11-18(12-10-15)21(20-8-5-13-28-20)24-17(3)22-25-26-23(27-22)19-7-4-6-16(2)14-19/h4-14,17,21,24H,1-3H3/p+1/t17-,21+/m1/s1. The molecular formula is C23H24N3OS+. The largest absolute Gasteiger partial charge is 0.415 e. The quantitative estimate of drug-likeness (QED) is 0.513. The van der Waals surface area contributed by atoms with Gasteiger partial charge in [0.2, 0.25) is 5.89 Å². The molecule has 142 valence electrons. The van der Waals surface area contributed by atoms with Crippen LogP contribution < -0.4 is 5.32 Å². The topological polar surface area (TPSA) is 55.5 Å². The number of nitrogens with two attached hydrogens (primary N) is 1. The van der Waals surface area contributed by atoms with Crippen LogP contribution in [-0.4, -0.2) is 10.2 Å². The number of nitrogens with zero attached hydrogens (tertiary/aromatic N) is 2. The maximum absolute atomic E-state index is 6.01. The molecule has 0 saturated carbocycles. The number of aryl methyl sites for hydroxylation is 2. The lowest BCUT2D eigenvalue weighted by atomic mass is 10.0. The highest BCUT2D eigenvalue weighted by Gasteiger charge is 2.25. The van der Waals surface area contributed by atoms with Gasteiger partial charge < -0.3 is 9.73 Å². The van der Waals surface area contributed by atoms with Crippen molar-refractivity contribution < 1.29 is 9.73 Å². The van der Waals surface area contributed by atoms with Crippen molar-refractivity contribution in [2.24, 2.45) is 0 Å². The molecule has 0 saturated heterocycles. The highest BCUT2D eigenvalue weighted by atomic mass is 32.1. The Balaban J connectivity index is 1.58. The fourth-order valence-corrected chi connectivity index (χ4v) is 4.13. The molecule has 0 aliphatic heterocycles. The molecule has 4 aromatic rings. The third kappa shape index (κ3) is 4.06. The summed E-state index contributed by atoms with van der Waals surface area (Å²) < 4.78 is 6.01. The second-order valence-electron chi connectivity index (χ2n) is 7.20. The van der Waals surface area contributed by atoms with Crippen LogP contribution in [0.4, 0.5) is 0 Å². The highest BCUT2D eigenvalue weighted by molar-refractivity contribution is 7.10. The minimum absolute atomic E-state index is 0.0412. The maximum atomic E-state index is 6.01. The fourth-order valence-electron chi connectivity index (χ4n) is 3.30. The Morgan fingerprint density at radius 3 is 2.46 bits per heavy atom. The summed E-state index contributed by atoms with van der Waals surface area (Å²) in [6, 6.07) is 21.4. The van der Waals surface area contributed by atoms with Gasteiger partial charge in [-0.25, -0.2) is 0 Å². The molecule has 2 aromatic heterocycles. The van der Waals surface area contributed by atoms with Gasteiger partial charge in [-0.1, -0.05) is 53.6 Å². The molecule has 2 N–H and O–H groups in total. The highest BCUT2D eigenvalue weighted by Crippen LogP contribution is 2.25. The zero-order valence-corrected chi connectivity index (χ0v) is 17.1. The average Bonchev–Trinajstić information content (AvgIpc) is 3.39. The number of rotatable bonds is 6. The van der Waals surface area contributed by atoms with Crippen LogP contribution in [0.25, 0.3) is 11.5 Å². The van der Waals surface area contributed by atoms with Crippen molar-refractivity contribution in [1.29, 1.82) is 0 Å². The third-order valence-electron chi connectivity index (χ3n) is 4.86. The van der Waals surface area contributed by atoms with Crippen LogP contribution in [-0.2, 0) is 0 Å². The molecule has 2 heterocycles. The summed E-state index contributed by atoms with van der Waals surface area (Å²) in [5.41, 5.74) is 4.67. The van der Waals surface area contributed by atoms with Gasteiger partial charge in [0.15, 0.2) is 6.04 Å². The van der Waals surface area contributed by atoms with E-state index in [-0.39, 0.29) is 12.1 Å². The number of hydrogen-bond acceptors (Lipinski definition) is 4. The zero-order chi connectivity index (χ0) is 19.5. The Labute approximate surface area is 169 Å². The molecule has 0 radical (unpaired) electrons. The van der Waals surface area contributed by atoms with E-state index in [4.69, 9.17) is 4.42 Å². The number of hydrogen-bond donors (Lipinski definition) is 1. The van der Waals surface area contributed by atoms with Crippen molar-refractivity contribution >= 4 is 11.3 Å². The van der Waals surface area contributed by atoms with E-state index >= 15 is 0 Å². The van der Waals surface area contributed by atoms with E-state index in [0.29, 0.717) is 11.8 Å². The molecule has 0 bridgehead atoms. The second kappa shape index (κ2) is 8.09. The van der Waals surface area contributed by atoms with Gasteiger partial charge in [0.05, 0.1) is 4.88 Å². The summed E-state index contributed by atoms with van der Waals surface area (Å²) >= 11 is 1.77. The molecule has 28 heavy (non-hydrogen) atoms. The molecule has 2 atom stereocenters. The molecule has 0 amide bonds. The lowest BCUT2D eigenvalue weighted by Gasteiger charge is -2.18. The normalized spacial score (nSPS) is 13.4. The maximum Gasteiger partial charge on any atom is 0.274 e. The van der Waals surface area contributed by atoms with Crippen molar-refractivity contribution in [3.05, 3.63) is 93.5 Å². The first-order valence-corrected chi connectivity index (χ1v) is 10.3. The Bertz CT molecular complexity index is 1040. The van der Waals surface area contributed by atoms with Crippen LogP contribution in [0, 0.1) is 13.8 Å². The predicted molar refractivity (Wildman–Crippen MR) is 112 cm³/mol. The molecule has 0 spiro atoms. The minimum atomic E-state index is 0.0412. The lowest BCUT2D eigenvalue weighted by molar-refractivity contribution is -0.725. The first-order chi connectivity index (χ1) is 13.6. The molecule has 0 aliphatic rings. The summed E-state index contributed by atoms with van der Waals surface area (Å²) in [7, 11) is 0. The van der Waals surface area contributed by atoms with Gasteiger partial charge in [-0.15, -0.1) is 21.5 Å². The fraction of sp³-hybridized carbons (Fsp3) is 0.217. The Morgan fingerprint density at radius 1 is 0.929 bits per heavy atom. The molecule has 5 heteroatoms. The Kier molecular flexibility index (Phi) is 5.37. The monoisotopic (exact) mass is 390 g/mol. The predicted octanol–water partition coefficient (Wildman–Crippen LogP) is 4.83. The Hall–Kier alpha value is -2.76.